The van der Waals surface area contributed by atoms with E-state index in [1.54, 1.807) is 0 Å². The smallest absolute Gasteiger partial charge is 0.315 e. The summed E-state index contributed by atoms with van der Waals surface area (Å²) in [7, 11) is 2.14. The highest BCUT2D eigenvalue weighted by Crippen LogP contribution is 2.32. The van der Waals surface area contributed by atoms with Crippen LogP contribution >= 0.6 is 0 Å². The molecule has 0 radical (unpaired) electrons. The highest BCUT2D eigenvalue weighted by Gasteiger charge is 2.42. The van der Waals surface area contributed by atoms with Crippen molar-refractivity contribution in [3.63, 3.8) is 0 Å². The van der Waals surface area contributed by atoms with Gasteiger partial charge in [-0.2, -0.15) is 0 Å². The lowest BCUT2D eigenvalue weighted by atomic mass is 9.97. The van der Waals surface area contributed by atoms with Gasteiger partial charge in [-0.3, -0.25) is 9.28 Å². The zero-order valence-electron chi connectivity index (χ0n) is 14.3. The number of benzene rings is 1. The second-order valence-corrected chi connectivity index (χ2v) is 7.46. The highest BCUT2D eigenvalue weighted by molar-refractivity contribution is 5.75. The van der Waals surface area contributed by atoms with Gasteiger partial charge in [0.1, 0.15) is 18.7 Å². The lowest BCUT2D eigenvalue weighted by Crippen LogP contribution is -2.60. The first-order chi connectivity index (χ1) is 10.2. The number of carbonyl (C=O) groups excluding carboxylic acids is 1. The molecule has 0 saturated carbocycles. The SMILES string of the molecule is CC1C(c2ccccc2)OCC[N+]1(C)COC(=O)C(C)(C)C. The predicted molar refractivity (Wildman–Crippen MR) is 86.1 cm³/mol. The summed E-state index contributed by atoms with van der Waals surface area (Å²) in [5.74, 6) is -0.151. The van der Waals surface area contributed by atoms with E-state index in [1.807, 2.05) is 39.0 Å². The molecule has 0 spiro atoms. The van der Waals surface area contributed by atoms with Gasteiger partial charge < -0.3 is 9.47 Å². The fourth-order valence-electron chi connectivity index (χ4n) is 2.68. The molecule has 1 aliphatic heterocycles. The van der Waals surface area contributed by atoms with Crippen LogP contribution in [0.5, 0.6) is 0 Å². The Morgan fingerprint density at radius 2 is 1.95 bits per heavy atom. The standard InChI is InChI=1S/C18H28NO3/c1-14-16(15-9-7-6-8-10-15)21-12-11-19(14,5)13-22-17(20)18(2,3)4/h6-10,14,16H,11-13H2,1-5H3/q+1. The van der Waals surface area contributed by atoms with Crippen molar-refractivity contribution in [2.24, 2.45) is 5.41 Å². The number of carbonyl (C=O) groups is 1. The van der Waals surface area contributed by atoms with E-state index in [1.165, 1.54) is 5.56 Å². The maximum Gasteiger partial charge on any atom is 0.315 e. The molecule has 2 rings (SSSR count). The molecule has 1 heterocycles. The minimum Gasteiger partial charge on any atom is -0.415 e. The van der Waals surface area contributed by atoms with Crippen molar-refractivity contribution in [3.05, 3.63) is 35.9 Å². The molecule has 0 aliphatic carbocycles. The van der Waals surface area contributed by atoms with E-state index in [4.69, 9.17) is 9.47 Å². The Morgan fingerprint density at radius 1 is 1.32 bits per heavy atom. The fourth-order valence-corrected chi connectivity index (χ4v) is 2.68. The summed E-state index contributed by atoms with van der Waals surface area (Å²) >= 11 is 0. The van der Waals surface area contributed by atoms with Crippen LogP contribution in [0.25, 0.3) is 0 Å². The Hall–Kier alpha value is -1.39. The second-order valence-electron chi connectivity index (χ2n) is 7.46. The molecule has 4 heteroatoms. The van der Waals surface area contributed by atoms with Gasteiger partial charge in [0.05, 0.1) is 19.1 Å². The molecule has 0 amide bonds. The first-order valence-electron chi connectivity index (χ1n) is 7.92. The summed E-state index contributed by atoms with van der Waals surface area (Å²) in [5.41, 5.74) is 0.717. The van der Waals surface area contributed by atoms with E-state index in [0.717, 1.165) is 6.54 Å². The van der Waals surface area contributed by atoms with Crippen LogP contribution in [0.3, 0.4) is 0 Å². The average Bonchev–Trinajstić information content (AvgIpc) is 2.48. The average molecular weight is 306 g/mol. The third-order valence-electron chi connectivity index (χ3n) is 4.55. The number of likely N-dealkylation sites (N-methyl/N-ethyl adjacent to an activating group) is 1. The summed E-state index contributed by atoms with van der Waals surface area (Å²) in [6, 6.07) is 10.5. The van der Waals surface area contributed by atoms with Gasteiger partial charge in [-0.15, -0.1) is 0 Å². The number of rotatable bonds is 3. The fraction of sp³-hybridized carbons (Fsp3) is 0.611. The largest absolute Gasteiger partial charge is 0.415 e. The molecule has 122 valence electrons. The van der Waals surface area contributed by atoms with Crippen molar-refractivity contribution < 1.29 is 18.8 Å². The van der Waals surface area contributed by atoms with Crippen LogP contribution in [-0.2, 0) is 14.3 Å². The third-order valence-corrected chi connectivity index (χ3v) is 4.55. The molecule has 3 atom stereocenters. The molecule has 1 aromatic rings. The zero-order valence-corrected chi connectivity index (χ0v) is 14.3. The lowest BCUT2D eigenvalue weighted by molar-refractivity contribution is -0.958. The summed E-state index contributed by atoms with van der Waals surface area (Å²) in [4.78, 5) is 12.0. The minimum atomic E-state index is -0.465. The van der Waals surface area contributed by atoms with Crippen LogP contribution in [-0.4, -0.2) is 43.4 Å². The van der Waals surface area contributed by atoms with E-state index < -0.39 is 5.41 Å². The lowest BCUT2D eigenvalue weighted by Gasteiger charge is -2.46. The Kier molecular flexibility index (Phi) is 4.93. The normalized spacial score (nSPS) is 29.1. The van der Waals surface area contributed by atoms with Crippen molar-refractivity contribution in [1.82, 2.24) is 0 Å². The second kappa shape index (κ2) is 6.39. The Balaban J connectivity index is 2.08. The van der Waals surface area contributed by atoms with Gasteiger partial charge >= 0.3 is 5.97 Å². The van der Waals surface area contributed by atoms with E-state index in [9.17, 15) is 4.79 Å². The molecule has 22 heavy (non-hydrogen) atoms. The molecule has 1 aromatic carbocycles. The quantitative estimate of drug-likeness (QED) is 0.636. The molecular formula is C18H28NO3+. The van der Waals surface area contributed by atoms with Crippen LogP contribution in [0, 0.1) is 5.41 Å². The molecule has 1 aliphatic rings. The minimum absolute atomic E-state index is 0.0355. The summed E-state index contributed by atoms with van der Waals surface area (Å²) in [5, 5.41) is 0. The van der Waals surface area contributed by atoms with Gasteiger partial charge in [-0.25, -0.2) is 0 Å². The maximum absolute atomic E-state index is 12.0. The number of quaternary nitrogens is 1. The van der Waals surface area contributed by atoms with E-state index >= 15 is 0 Å². The van der Waals surface area contributed by atoms with Crippen LogP contribution in [0.1, 0.15) is 39.4 Å². The number of hydrogen-bond acceptors (Lipinski definition) is 3. The number of esters is 1. The predicted octanol–water partition coefficient (Wildman–Crippen LogP) is 3.14. The van der Waals surface area contributed by atoms with Crippen LogP contribution in [0.4, 0.5) is 0 Å². The zero-order chi connectivity index (χ0) is 16.4. The van der Waals surface area contributed by atoms with Gasteiger partial charge in [-0.05, 0) is 33.3 Å². The van der Waals surface area contributed by atoms with Crippen molar-refractivity contribution in [3.8, 4) is 0 Å². The van der Waals surface area contributed by atoms with Gasteiger partial charge in [0, 0.05) is 0 Å². The molecule has 4 nitrogen and oxygen atoms in total. The van der Waals surface area contributed by atoms with Crippen molar-refractivity contribution in [2.45, 2.75) is 39.8 Å². The van der Waals surface area contributed by atoms with Crippen LogP contribution in [0.15, 0.2) is 30.3 Å². The molecule has 1 saturated heterocycles. The number of hydrogen-bond donors (Lipinski definition) is 0. The van der Waals surface area contributed by atoms with Crippen molar-refractivity contribution >= 4 is 5.97 Å². The monoisotopic (exact) mass is 306 g/mol. The molecule has 0 aromatic heterocycles. The Morgan fingerprint density at radius 3 is 2.55 bits per heavy atom. The summed E-state index contributed by atoms with van der Waals surface area (Å²) in [6.07, 6.45) is 0.0355. The first-order valence-corrected chi connectivity index (χ1v) is 7.92. The van der Waals surface area contributed by atoms with Gasteiger partial charge in [-0.1, -0.05) is 30.3 Å². The van der Waals surface area contributed by atoms with Gasteiger partial charge in [0.15, 0.2) is 0 Å². The molecule has 3 unspecified atom stereocenters. The number of morpholine rings is 1. The molecule has 1 fully saturated rings. The Bertz CT molecular complexity index is 509. The highest BCUT2D eigenvalue weighted by atomic mass is 16.6. The van der Waals surface area contributed by atoms with E-state index in [2.05, 4.69) is 26.1 Å². The van der Waals surface area contributed by atoms with Crippen molar-refractivity contribution in [1.29, 1.82) is 0 Å². The summed E-state index contributed by atoms with van der Waals surface area (Å²) in [6.45, 7) is 9.72. The van der Waals surface area contributed by atoms with E-state index in [0.29, 0.717) is 17.8 Å². The van der Waals surface area contributed by atoms with E-state index in [-0.39, 0.29) is 18.1 Å². The topological polar surface area (TPSA) is 35.5 Å². The van der Waals surface area contributed by atoms with Gasteiger partial charge in [0.25, 0.3) is 0 Å². The number of nitrogens with zero attached hydrogens (tertiary/aromatic N) is 1. The molecule has 0 bridgehead atoms. The summed E-state index contributed by atoms with van der Waals surface area (Å²) < 4.78 is 12.3. The van der Waals surface area contributed by atoms with Crippen LogP contribution in [0.2, 0.25) is 0 Å². The third kappa shape index (κ3) is 3.68. The maximum atomic E-state index is 12.0. The first kappa shape index (κ1) is 17.0. The molecular weight excluding hydrogens is 278 g/mol. The van der Waals surface area contributed by atoms with Crippen LogP contribution < -0.4 is 0 Å². The number of ether oxygens (including phenoxy) is 2. The van der Waals surface area contributed by atoms with Crippen molar-refractivity contribution in [2.75, 3.05) is 26.9 Å². The van der Waals surface area contributed by atoms with Gasteiger partial charge in [0.2, 0.25) is 6.73 Å². The molecule has 0 N–H and O–H groups in total. The Labute approximate surface area is 133 Å².